The van der Waals surface area contributed by atoms with Gasteiger partial charge >= 0.3 is 0 Å². The highest BCUT2D eigenvalue weighted by atomic mass is 35.5. The Bertz CT molecular complexity index is 1610. The zero-order valence-electron chi connectivity index (χ0n) is 22.7. The minimum absolute atomic E-state index is 0.305. The predicted octanol–water partition coefficient (Wildman–Crippen LogP) is 5.84. The van der Waals surface area contributed by atoms with Crippen LogP contribution in [0, 0.1) is 0 Å². The van der Waals surface area contributed by atoms with Crippen LogP contribution in [0.1, 0.15) is 0 Å². The lowest BCUT2D eigenvalue weighted by atomic mass is 10.1. The van der Waals surface area contributed by atoms with E-state index in [-0.39, 0.29) is 0 Å². The van der Waals surface area contributed by atoms with E-state index in [1.165, 1.54) is 0 Å². The van der Waals surface area contributed by atoms with E-state index in [2.05, 4.69) is 30.4 Å². The smallest absolute Gasteiger partial charge is 0.219 e. The fourth-order valence-corrected chi connectivity index (χ4v) is 3.62. The number of rotatable bonds is 4. The van der Waals surface area contributed by atoms with Crippen molar-refractivity contribution >= 4 is 29.2 Å². The van der Waals surface area contributed by atoms with Crippen LogP contribution in [0.25, 0.3) is 33.6 Å². The van der Waals surface area contributed by atoms with Crippen LogP contribution in [-0.4, -0.2) is 37.5 Å². The molecule has 0 spiro atoms. The number of nitrogens with zero attached hydrogens (tertiary/aromatic N) is 6. The van der Waals surface area contributed by atoms with E-state index < -0.39 is 0 Å². The summed E-state index contributed by atoms with van der Waals surface area (Å²) in [6, 6.07) is 32.1. The number of methoxy groups -OCH3 is 1. The number of anilines is 3. The maximum absolute atomic E-state index is 5.77. The molecular formula is C31H28ClN9O. The molecule has 0 aliphatic rings. The molecule has 0 aliphatic carbocycles. The van der Waals surface area contributed by atoms with E-state index in [9.17, 15) is 0 Å². The average molecular weight is 578 g/mol. The van der Waals surface area contributed by atoms with Crippen LogP contribution in [0.2, 0.25) is 5.02 Å². The third kappa shape index (κ3) is 8.70. The van der Waals surface area contributed by atoms with E-state index in [0.29, 0.717) is 22.6 Å². The summed E-state index contributed by atoms with van der Waals surface area (Å²) in [5.41, 5.74) is 21.9. The van der Waals surface area contributed by atoms with Crippen LogP contribution in [0.5, 0.6) is 5.75 Å². The first-order chi connectivity index (χ1) is 20.4. The first-order valence-corrected chi connectivity index (χ1v) is 13.0. The molecule has 0 bridgehead atoms. The Kier molecular flexibility index (Phi) is 10.3. The summed E-state index contributed by atoms with van der Waals surface area (Å²) in [6.07, 6.45) is 3.44. The van der Waals surface area contributed by atoms with Crippen molar-refractivity contribution in [1.29, 1.82) is 0 Å². The molecular weight excluding hydrogens is 550 g/mol. The van der Waals surface area contributed by atoms with Crippen molar-refractivity contribution in [2.75, 3.05) is 24.3 Å². The van der Waals surface area contributed by atoms with Crippen molar-refractivity contribution in [3.8, 4) is 39.4 Å². The third-order valence-corrected chi connectivity index (χ3v) is 5.93. The van der Waals surface area contributed by atoms with Gasteiger partial charge < -0.3 is 21.9 Å². The molecule has 0 atom stereocenters. The molecule has 3 aromatic carbocycles. The van der Waals surface area contributed by atoms with Gasteiger partial charge in [0.05, 0.1) is 18.5 Å². The lowest BCUT2D eigenvalue weighted by molar-refractivity contribution is 0.415. The number of ether oxygens (including phenoxy) is 1. The molecule has 0 amide bonds. The van der Waals surface area contributed by atoms with Crippen molar-refractivity contribution < 1.29 is 4.74 Å². The first-order valence-electron chi connectivity index (χ1n) is 12.6. The fourth-order valence-electron chi connectivity index (χ4n) is 3.49. The van der Waals surface area contributed by atoms with Crippen molar-refractivity contribution in [1.82, 2.24) is 30.4 Å². The van der Waals surface area contributed by atoms with Crippen LogP contribution in [0.3, 0.4) is 0 Å². The van der Waals surface area contributed by atoms with Gasteiger partial charge in [0.25, 0.3) is 0 Å². The second-order valence-electron chi connectivity index (χ2n) is 8.62. The molecule has 6 rings (SSSR count). The van der Waals surface area contributed by atoms with Gasteiger partial charge in [0.2, 0.25) is 5.95 Å². The second kappa shape index (κ2) is 14.7. The molecule has 10 nitrogen and oxygen atoms in total. The molecule has 11 heteroatoms. The van der Waals surface area contributed by atoms with Crippen molar-refractivity contribution in [3.63, 3.8) is 0 Å². The van der Waals surface area contributed by atoms with E-state index in [1.807, 2.05) is 91.0 Å². The van der Waals surface area contributed by atoms with Crippen molar-refractivity contribution in [2.45, 2.75) is 0 Å². The molecule has 3 heterocycles. The summed E-state index contributed by atoms with van der Waals surface area (Å²) in [4.78, 5) is 7.84. The van der Waals surface area contributed by atoms with Crippen molar-refractivity contribution in [2.24, 2.45) is 0 Å². The van der Waals surface area contributed by atoms with Crippen LogP contribution in [-0.2, 0) is 0 Å². The highest BCUT2D eigenvalue weighted by Crippen LogP contribution is 2.21. The summed E-state index contributed by atoms with van der Waals surface area (Å²) in [5, 5.41) is 16.2. The molecule has 210 valence electrons. The fraction of sp³-hybridized carbons (Fsp3) is 0.0323. The van der Waals surface area contributed by atoms with Crippen LogP contribution >= 0.6 is 11.6 Å². The number of aromatic nitrogens is 6. The Hall–Kier alpha value is -5.61. The van der Waals surface area contributed by atoms with Crippen LogP contribution in [0.15, 0.2) is 116 Å². The molecule has 0 fully saturated rings. The number of hydrogen-bond donors (Lipinski definition) is 3. The molecule has 6 aromatic rings. The second-order valence-corrected chi connectivity index (χ2v) is 9.05. The number of benzene rings is 3. The SMILES string of the molecule is COc1ccc(-c2ccc(N)nn2)cc1.Nc1ccc(-c2ccc(Cl)cc2)nn1.Nc1ncc(-c2ccccc2)cn1. The Morgan fingerprint density at radius 2 is 1.02 bits per heavy atom. The lowest BCUT2D eigenvalue weighted by Gasteiger charge is -2.02. The maximum atomic E-state index is 5.77. The third-order valence-electron chi connectivity index (χ3n) is 5.68. The van der Waals surface area contributed by atoms with Gasteiger partial charge in [0.15, 0.2) is 0 Å². The quantitative estimate of drug-likeness (QED) is 0.232. The zero-order valence-corrected chi connectivity index (χ0v) is 23.4. The summed E-state index contributed by atoms with van der Waals surface area (Å²) >= 11 is 5.77. The van der Waals surface area contributed by atoms with Gasteiger partial charge in [-0.1, -0.05) is 54.1 Å². The number of halogens is 1. The molecule has 0 aliphatic heterocycles. The Labute approximate surface area is 248 Å². The molecule has 0 unspecified atom stereocenters. The maximum Gasteiger partial charge on any atom is 0.219 e. The predicted molar refractivity (Wildman–Crippen MR) is 167 cm³/mol. The van der Waals surface area contributed by atoms with Crippen LogP contribution < -0.4 is 21.9 Å². The monoisotopic (exact) mass is 577 g/mol. The van der Waals surface area contributed by atoms with Crippen LogP contribution in [0.4, 0.5) is 17.6 Å². The minimum Gasteiger partial charge on any atom is -0.497 e. The van der Waals surface area contributed by atoms with Gasteiger partial charge in [0.1, 0.15) is 17.4 Å². The van der Waals surface area contributed by atoms with Crippen molar-refractivity contribution in [3.05, 3.63) is 121 Å². The average Bonchev–Trinajstić information content (AvgIpc) is 3.04. The lowest BCUT2D eigenvalue weighted by Crippen LogP contribution is -1.93. The van der Waals surface area contributed by atoms with E-state index in [4.69, 9.17) is 33.5 Å². The highest BCUT2D eigenvalue weighted by molar-refractivity contribution is 6.30. The minimum atomic E-state index is 0.305. The molecule has 42 heavy (non-hydrogen) atoms. The Balaban J connectivity index is 0.000000145. The summed E-state index contributed by atoms with van der Waals surface area (Å²) in [7, 11) is 1.64. The Morgan fingerprint density at radius 1 is 0.524 bits per heavy atom. The largest absolute Gasteiger partial charge is 0.497 e. The van der Waals surface area contributed by atoms with Gasteiger partial charge in [-0.3, -0.25) is 0 Å². The number of hydrogen-bond acceptors (Lipinski definition) is 10. The van der Waals surface area contributed by atoms with E-state index >= 15 is 0 Å². The zero-order chi connectivity index (χ0) is 29.7. The van der Waals surface area contributed by atoms with Gasteiger partial charge in [-0.15, -0.1) is 20.4 Å². The van der Waals surface area contributed by atoms with Gasteiger partial charge in [-0.2, -0.15) is 0 Å². The number of nitrogens with two attached hydrogens (primary N) is 3. The number of nitrogen functional groups attached to an aromatic ring is 3. The normalized spacial score (nSPS) is 9.95. The standard InChI is InChI=1S/C11H11N3O.C10H8ClN3.C10H9N3/c1-15-9-4-2-8(3-5-9)10-6-7-11(12)14-13-10;11-8-3-1-7(2-4-8)9-5-6-10(12)14-13-9;11-10-12-6-9(7-13-10)8-4-2-1-3-5-8/h2-7H,1H3,(H2,12,14);1-6H,(H2,12,14);1-7H,(H2,11,12,13). The molecule has 6 N–H and O–H groups in total. The molecule has 0 saturated carbocycles. The summed E-state index contributed by atoms with van der Waals surface area (Å²) in [5.74, 6) is 1.97. The van der Waals surface area contributed by atoms with E-state index in [1.54, 1.807) is 31.6 Å². The van der Waals surface area contributed by atoms with Gasteiger partial charge in [-0.25, -0.2) is 9.97 Å². The molecule has 3 aromatic heterocycles. The Morgan fingerprint density at radius 3 is 1.48 bits per heavy atom. The first kappa shape index (κ1) is 29.4. The molecule has 0 saturated heterocycles. The topological polar surface area (TPSA) is 165 Å². The highest BCUT2D eigenvalue weighted by Gasteiger charge is 2.01. The summed E-state index contributed by atoms with van der Waals surface area (Å²) < 4.78 is 5.07. The van der Waals surface area contributed by atoms with Gasteiger partial charge in [-0.05, 0) is 66.2 Å². The summed E-state index contributed by atoms with van der Waals surface area (Å²) in [6.45, 7) is 0. The molecule has 0 radical (unpaired) electrons. The van der Waals surface area contributed by atoms with E-state index in [0.717, 1.165) is 39.4 Å². The van der Waals surface area contributed by atoms with Gasteiger partial charge in [0, 0.05) is 34.1 Å².